The van der Waals surface area contributed by atoms with Crippen LogP contribution in [0.3, 0.4) is 0 Å². The Bertz CT molecular complexity index is 2190. The maximum absolute atomic E-state index is 13.4. The van der Waals surface area contributed by atoms with E-state index in [2.05, 4.69) is 136 Å². The van der Waals surface area contributed by atoms with Gasteiger partial charge in [0.15, 0.2) is 11.6 Å². The maximum Gasteiger partial charge on any atom is 0.287 e. The van der Waals surface area contributed by atoms with Gasteiger partial charge in [0.2, 0.25) is 0 Å². The molecule has 7 heteroatoms. The largest absolute Gasteiger partial charge is 0.349 e. The number of nitrogens with zero attached hydrogens (tertiary/aromatic N) is 4. The van der Waals surface area contributed by atoms with E-state index in [1.165, 1.54) is 5.56 Å². The van der Waals surface area contributed by atoms with E-state index >= 15 is 0 Å². The first kappa shape index (κ1) is 30.1. The molecular weight excluding hydrogens is 605 g/mol. The molecule has 2 N–H and O–H groups in total. The van der Waals surface area contributed by atoms with Gasteiger partial charge in [-0.15, -0.1) is 0 Å². The molecule has 49 heavy (non-hydrogen) atoms. The van der Waals surface area contributed by atoms with Gasteiger partial charge < -0.3 is 15.2 Å². The van der Waals surface area contributed by atoms with Crippen molar-refractivity contribution < 1.29 is 4.79 Å². The number of aromatic amines is 1. The van der Waals surface area contributed by atoms with E-state index in [9.17, 15) is 4.79 Å². The van der Waals surface area contributed by atoms with Crippen LogP contribution in [-0.2, 0) is 5.54 Å². The highest BCUT2D eigenvalue weighted by Crippen LogP contribution is 2.44. The second kappa shape index (κ2) is 12.8. The Kier molecular flexibility index (Phi) is 7.86. The molecule has 0 saturated carbocycles. The van der Waals surface area contributed by atoms with Crippen LogP contribution < -0.4 is 10.2 Å². The molecule has 1 aliphatic rings. The Hall–Kier alpha value is -6.21. The van der Waals surface area contributed by atoms with Crippen molar-refractivity contribution in [2.45, 2.75) is 18.4 Å². The molecule has 0 fully saturated rings. The van der Waals surface area contributed by atoms with Crippen LogP contribution in [0.4, 0.5) is 5.82 Å². The summed E-state index contributed by atoms with van der Waals surface area (Å²) in [6, 6.07) is 46.0. The van der Waals surface area contributed by atoms with Crippen molar-refractivity contribution in [1.29, 1.82) is 0 Å². The van der Waals surface area contributed by atoms with E-state index in [1.54, 1.807) is 0 Å². The number of imidazole rings is 1. The van der Waals surface area contributed by atoms with E-state index in [4.69, 9.17) is 10.1 Å². The number of hydrogen-bond acceptors (Lipinski definition) is 4. The van der Waals surface area contributed by atoms with Crippen molar-refractivity contribution in [2.75, 3.05) is 18.0 Å². The van der Waals surface area contributed by atoms with Gasteiger partial charge in [0.1, 0.15) is 5.54 Å². The van der Waals surface area contributed by atoms with Crippen LogP contribution in [0.1, 0.15) is 45.7 Å². The molecule has 0 saturated heterocycles. The van der Waals surface area contributed by atoms with Gasteiger partial charge in [-0.2, -0.15) is 5.10 Å². The lowest BCUT2D eigenvalue weighted by molar-refractivity contribution is 0.0942. The monoisotopic (exact) mass is 640 g/mol. The second-order valence-electron chi connectivity index (χ2n) is 12.5. The second-order valence-corrected chi connectivity index (χ2v) is 12.5. The molecule has 1 aliphatic heterocycles. The zero-order valence-electron chi connectivity index (χ0n) is 27.2. The fourth-order valence-electron chi connectivity index (χ4n) is 6.94. The van der Waals surface area contributed by atoms with Gasteiger partial charge in [0, 0.05) is 24.7 Å². The number of H-pyrrole nitrogens is 1. The molecule has 0 aliphatic carbocycles. The number of amides is 1. The number of fused-ring (bicyclic) bond motifs is 2. The summed E-state index contributed by atoms with van der Waals surface area (Å²) in [5, 5.41) is 9.51. The number of allylic oxidation sites excluding steroid dienone is 2. The summed E-state index contributed by atoms with van der Waals surface area (Å²) in [5.74, 6) is 1.03. The summed E-state index contributed by atoms with van der Waals surface area (Å²) in [5.41, 5.74) is 5.97. The lowest BCUT2D eigenvalue weighted by Crippen LogP contribution is -2.38. The van der Waals surface area contributed by atoms with Gasteiger partial charge in [0.05, 0.1) is 16.6 Å². The van der Waals surface area contributed by atoms with Crippen molar-refractivity contribution in [1.82, 2.24) is 25.1 Å². The number of carbonyl (C=O) groups excluding carboxylic acids is 1. The summed E-state index contributed by atoms with van der Waals surface area (Å²) in [6.07, 6.45) is 8.25. The number of anilines is 1. The molecule has 1 atom stereocenters. The Morgan fingerprint density at radius 3 is 1.98 bits per heavy atom. The number of nitrogens with one attached hydrogen (secondary N) is 2. The van der Waals surface area contributed by atoms with Crippen molar-refractivity contribution >= 4 is 33.7 Å². The van der Waals surface area contributed by atoms with E-state index in [1.807, 2.05) is 48.6 Å². The molecule has 5 aromatic carbocycles. The third kappa shape index (κ3) is 5.39. The predicted molar refractivity (Wildman–Crippen MR) is 197 cm³/mol. The summed E-state index contributed by atoms with van der Waals surface area (Å²) < 4.78 is 2.16. The van der Waals surface area contributed by atoms with Crippen LogP contribution in [0.5, 0.6) is 0 Å². The highest BCUT2D eigenvalue weighted by molar-refractivity contribution is 6.02. The van der Waals surface area contributed by atoms with E-state index in [0.717, 1.165) is 38.9 Å². The minimum atomic E-state index is -0.822. The standard InChI is InChI=1S/C42H36N6O/c1-30(31-17-7-2-8-18-31)29-43-41(49)39-44-36-27-35-38(28-37(36)45-39)48(46-40(35)47-25-15-6-16-26-47)42(32-19-9-3-10-20-32,33-21-11-4-12-22-33)34-23-13-5-14-24-34/h2-25,27-28,30H,26,29H2,1H3,(H,43,49)(H,44,45). The average molecular weight is 641 g/mol. The molecule has 0 spiro atoms. The van der Waals surface area contributed by atoms with Crippen molar-refractivity contribution in [3.63, 3.8) is 0 Å². The molecule has 0 bridgehead atoms. The Balaban J connectivity index is 1.32. The average Bonchev–Trinajstić information content (AvgIpc) is 3.77. The molecular formula is C42H36N6O. The molecule has 1 unspecified atom stereocenters. The van der Waals surface area contributed by atoms with Crippen LogP contribution in [0.25, 0.3) is 21.9 Å². The van der Waals surface area contributed by atoms with Gasteiger partial charge in [-0.05, 0) is 46.4 Å². The number of benzene rings is 5. The fourth-order valence-corrected chi connectivity index (χ4v) is 6.94. The Morgan fingerprint density at radius 2 is 1.41 bits per heavy atom. The molecule has 7 aromatic rings. The zero-order valence-corrected chi connectivity index (χ0v) is 27.2. The first-order valence-corrected chi connectivity index (χ1v) is 16.7. The first-order chi connectivity index (χ1) is 24.1. The van der Waals surface area contributed by atoms with Crippen molar-refractivity contribution in [2.24, 2.45) is 0 Å². The normalized spacial score (nSPS) is 13.6. The quantitative estimate of drug-likeness (QED) is 0.156. The van der Waals surface area contributed by atoms with Crippen LogP contribution >= 0.6 is 0 Å². The van der Waals surface area contributed by atoms with E-state index < -0.39 is 5.54 Å². The lowest BCUT2D eigenvalue weighted by atomic mass is 9.77. The number of hydrogen-bond donors (Lipinski definition) is 2. The smallest absolute Gasteiger partial charge is 0.287 e. The SMILES string of the molecule is CC(CNC(=O)c1nc2cc3c(N4C=CC=CC4)nn(C(c4ccccc4)(c4ccccc4)c4ccccc4)c3cc2[nH]1)c1ccccc1. The molecule has 1 amide bonds. The zero-order chi connectivity index (χ0) is 33.2. The Morgan fingerprint density at radius 1 is 0.816 bits per heavy atom. The molecule has 2 aromatic heterocycles. The highest BCUT2D eigenvalue weighted by Gasteiger charge is 2.41. The maximum atomic E-state index is 13.4. The van der Waals surface area contributed by atoms with Gasteiger partial charge in [-0.1, -0.05) is 140 Å². The summed E-state index contributed by atoms with van der Waals surface area (Å²) >= 11 is 0. The first-order valence-electron chi connectivity index (χ1n) is 16.7. The molecule has 240 valence electrons. The topological polar surface area (TPSA) is 78.8 Å². The van der Waals surface area contributed by atoms with Crippen molar-refractivity contribution in [3.8, 4) is 0 Å². The summed E-state index contributed by atoms with van der Waals surface area (Å²) in [6.45, 7) is 3.30. The van der Waals surface area contributed by atoms with Crippen LogP contribution in [-0.4, -0.2) is 38.7 Å². The van der Waals surface area contributed by atoms with Crippen LogP contribution in [0.15, 0.2) is 158 Å². The number of carbonyl (C=O) groups is 1. The molecule has 8 rings (SSSR count). The summed E-state index contributed by atoms with van der Waals surface area (Å²) in [4.78, 5) is 23.7. The fraction of sp³-hybridized carbons (Fsp3) is 0.119. The minimum Gasteiger partial charge on any atom is -0.349 e. The third-order valence-electron chi connectivity index (χ3n) is 9.40. The number of rotatable bonds is 9. The van der Waals surface area contributed by atoms with Gasteiger partial charge in [-0.3, -0.25) is 4.79 Å². The molecule has 0 radical (unpaired) electrons. The van der Waals surface area contributed by atoms with Gasteiger partial charge >= 0.3 is 0 Å². The molecule has 3 heterocycles. The summed E-state index contributed by atoms with van der Waals surface area (Å²) in [7, 11) is 0. The number of aromatic nitrogens is 4. The highest BCUT2D eigenvalue weighted by atomic mass is 16.2. The van der Waals surface area contributed by atoms with Gasteiger partial charge in [0.25, 0.3) is 5.91 Å². The van der Waals surface area contributed by atoms with E-state index in [-0.39, 0.29) is 17.6 Å². The Labute approximate surface area is 285 Å². The molecule has 7 nitrogen and oxygen atoms in total. The minimum absolute atomic E-state index is 0.166. The van der Waals surface area contributed by atoms with E-state index in [0.29, 0.717) is 18.6 Å². The predicted octanol–water partition coefficient (Wildman–Crippen LogP) is 8.18. The van der Waals surface area contributed by atoms with Gasteiger partial charge in [-0.25, -0.2) is 9.67 Å². The van der Waals surface area contributed by atoms with Crippen LogP contribution in [0, 0.1) is 0 Å². The third-order valence-corrected chi connectivity index (χ3v) is 9.40. The van der Waals surface area contributed by atoms with Crippen molar-refractivity contribution in [3.05, 3.63) is 186 Å². The van der Waals surface area contributed by atoms with Crippen LogP contribution in [0.2, 0.25) is 0 Å². The lowest BCUT2D eigenvalue weighted by Gasteiger charge is -2.37.